The Balaban J connectivity index is 1.58. The Morgan fingerprint density at radius 1 is 1.24 bits per heavy atom. The monoisotopic (exact) mass is 553 g/mol. The van der Waals surface area contributed by atoms with E-state index in [9.17, 15) is 24.3 Å². The maximum atomic E-state index is 13.5. The number of carboxylic acids is 1. The first-order valence-corrected chi connectivity index (χ1v) is 13.1. The van der Waals surface area contributed by atoms with Gasteiger partial charge in [0.05, 0.1) is 21.9 Å². The van der Waals surface area contributed by atoms with Crippen LogP contribution in [0.1, 0.15) is 11.3 Å². The molecule has 0 spiro atoms. The number of thiophene rings is 1. The molecule has 4 rings (SSSR count). The summed E-state index contributed by atoms with van der Waals surface area (Å²) in [6.45, 7) is 0. The first kappa shape index (κ1) is 26.0. The Bertz CT molecular complexity index is 1510. The lowest BCUT2D eigenvalue weighted by molar-refractivity contribution is -0.129. The van der Waals surface area contributed by atoms with Gasteiger partial charge in [-0.2, -0.15) is 5.26 Å². The molecule has 186 valence electrons. The second-order valence-corrected chi connectivity index (χ2v) is 9.90. The molecule has 37 heavy (non-hydrogen) atoms. The van der Waals surface area contributed by atoms with E-state index in [4.69, 9.17) is 0 Å². The normalized spacial score (nSPS) is 11.1. The van der Waals surface area contributed by atoms with Crippen molar-refractivity contribution in [2.45, 2.75) is 5.03 Å². The van der Waals surface area contributed by atoms with Crippen LogP contribution in [0, 0.1) is 17.1 Å². The molecule has 3 heterocycles. The molecule has 13 heteroatoms. The number of carbonyl (C=O) groups is 2. The average Bonchev–Trinajstić information content (AvgIpc) is 3.58. The molecule has 0 saturated carbocycles. The predicted molar refractivity (Wildman–Crippen MR) is 140 cm³/mol. The maximum absolute atomic E-state index is 13.5. The standard InChI is InChI=1S/C24H16FN5O4S3/c1-34-30-21(23(32)33)18-11-37-24(28-18)29-20(31)12-36-22-16(10-26)15(13-4-6-14(25)7-5-13)9-17(27-22)19-3-2-8-35-19/h2-9,11H,12H2,1H3,(H,32,33)(H,28,29,31)/b30-21-. The quantitative estimate of drug-likeness (QED) is 0.166. The molecule has 0 aliphatic rings. The van der Waals surface area contributed by atoms with E-state index in [2.05, 4.69) is 31.3 Å². The van der Waals surface area contributed by atoms with Crippen LogP contribution in [0.15, 0.2) is 63.4 Å². The SMILES string of the molecule is CO/N=C(\C(=O)O)c1csc(NC(=O)CSc2nc(-c3cccs3)cc(-c3ccc(F)cc3)c2C#N)n1. The molecule has 0 aliphatic heterocycles. The number of nitrogens with zero attached hydrogens (tertiary/aromatic N) is 4. The minimum Gasteiger partial charge on any atom is -0.476 e. The highest BCUT2D eigenvalue weighted by Crippen LogP contribution is 2.35. The summed E-state index contributed by atoms with van der Waals surface area (Å²) in [4.78, 5) is 38.1. The summed E-state index contributed by atoms with van der Waals surface area (Å²) < 4.78 is 13.5. The van der Waals surface area contributed by atoms with Crippen LogP contribution in [0.4, 0.5) is 9.52 Å². The number of hydrogen-bond donors (Lipinski definition) is 2. The fourth-order valence-corrected chi connectivity index (χ4v) is 5.36. The van der Waals surface area contributed by atoms with Crippen LogP contribution < -0.4 is 5.32 Å². The molecule has 0 aliphatic carbocycles. The van der Waals surface area contributed by atoms with Crippen LogP contribution >= 0.6 is 34.4 Å². The number of anilines is 1. The number of rotatable bonds is 9. The molecule has 0 unspecified atom stereocenters. The van der Waals surface area contributed by atoms with E-state index < -0.39 is 23.4 Å². The van der Waals surface area contributed by atoms with Gasteiger partial charge in [0, 0.05) is 10.9 Å². The van der Waals surface area contributed by atoms with Crippen molar-refractivity contribution in [3.8, 4) is 27.8 Å². The molecular weight excluding hydrogens is 537 g/mol. The van der Waals surface area contributed by atoms with Gasteiger partial charge in [-0.1, -0.05) is 35.1 Å². The van der Waals surface area contributed by atoms with Crippen molar-refractivity contribution in [2.75, 3.05) is 18.2 Å². The number of aliphatic carboxylic acids is 1. The highest BCUT2D eigenvalue weighted by Gasteiger charge is 2.20. The van der Waals surface area contributed by atoms with E-state index in [-0.39, 0.29) is 22.1 Å². The highest BCUT2D eigenvalue weighted by molar-refractivity contribution is 8.00. The van der Waals surface area contributed by atoms with Gasteiger partial charge in [-0.3, -0.25) is 4.79 Å². The van der Waals surface area contributed by atoms with Crippen molar-refractivity contribution in [3.05, 3.63) is 70.3 Å². The van der Waals surface area contributed by atoms with E-state index in [1.54, 1.807) is 18.2 Å². The van der Waals surface area contributed by atoms with E-state index in [0.717, 1.165) is 28.0 Å². The molecule has 3 aromatic heterocycles. The summed E-state index contributed by atoms with van der Waals surface area (Å²) in [5.41, 5.74) is 1.76. The van der Waals surface area contributed by atoms with Gasteiger partial charge in [-0.25, -0.2) is 19.2 Å². The Morgan fingerprint density at radius 2 is 2.03 bits per heavy atom. The number of thioether (sulfide) groups is 1. The molecule has 0 saturated heterocycles. The van der Waals surface area contributed by atoms with Crippen molar-refractivity contribution in [2.24, 2.45) is 5.16 Å². The van der Waals surface area contributed by atoms with Crippen molar-refractivity contribution >= 4 is 57.2 Å². The number of oxime groups is 1. The second kappa shape index (κ2) is 11.7. The van der Waals surface area contributed by atoms with Gasteiger partial charge in [-0.05, 0) is 35.2 Å². The topological polar surface area (TPSA) is 138 Å². The zero-order chi connectivity index (χ0) is 26.4. The summed E-state index contributed by atoms with van der Waals surface area (Å²) in [7, 11) is 1.22. The molecular formula is C24H16FN5O4S3. The van der Waals surface area contributed by atoms with E-state index in [0.29, 0.717) is 21.8 Å². The third-order valence-electron chi connectivity index (χ3n) is 4.75. The van der Waals surface area contributed by atoms with Gasteiger partial charge >= 0.3 is 5.97 Å². The van der Waals surface area contributed by atoms with Gasteiger partial charge in [-0.15, -0.1) is 22.7 Å². The van der Waals surface area contributed by atoms with Crippen LogP contribution in [0.25, 0.3) is 21.7 Å². The number of thiazole rings is 1. The Morgan fingerprint density at radius 3 is 2.68 bits per heavy atom. The Kier molecular flexibility index (Phi) is 8.24. The molecule has 1 aromatic carbocycles. The maximum Gasteiger partial charge on any atom is 0.360 e. The fraction of sp³-hybridized carbons (Fsp3) is 0.0833. The Labute approximate surface area is 222 Å². The summed E-state index contributed by atoms with van der Waals surface area (Å²) in [6, 6.07) is 13.5. The van der Waals surface area contributed by atoms with E-state index in [1.165, 1.54) is 36.0 Å². The summed E-state index contributed by atoms with van der Waals surface area (Å²) in [5, 5.41) is 29.1. The third-order valence-corrected chi connectivity index (χ3v) is 7.37. The summed E-state index contributed by atoms with van der Waals surface area (Å²) in [6.07, 6.45) is 0. The predicted octanol–water partition coefficient (Wildman–Crippen LogP) is 5.11. The van der Waals surface area contributed by atoms with Crippen molar-refractivity contribution < 1.29 is 23.9 Å². The molecule has 2 N–H and O–H groups in total. The number of nitrogens with one attached hydrogen (secondary N) is 1. The highest BCUT2D eigenvalue weighted by atomic mass is 32.2. The van der Waals surface area contributed by atoms with Crippen molar-refractivity contribution in [1.82, 2.24) is 9.97 Å². The van der Waals surface area contributed by atoms with Crippen molar-refractivity contribution in [1.29, 1.82) is 5.26 Å². The largest absolute Gasteiger partial charge is 0.476 e. The third kappa shape index (κ3) is 6.18. The minimum atomic E-state index is -1.32. The zero-order valence-electron chi connectivity index (χ0n) is 19.0. The molecule has 0 atom stereocenters. The van der Waals surface area contributed by atoms with Gasteiger partial charge in [0.25, 0.3) is 0 Å². The number of halogens is 1. The Hall–Kier alpha value is -4.12. The number of nitriles is 1. The lowest BCUT2D eigenvalue weighted by Crippen LogP contribution is -2.17. The number of pyridine rings is 1. The smallest absolute Gasteiger partial charge is 0.360 e. The number of hydrogen-bond acceptors (Lipinski definition) is 10. The number of amides is 1. The molecule has 4 aromatic rings. The van der Waals surface area contributed by atoms with Crippen LogP contribution in [0.2, 0.25) is 0 Å². The van der Waals surface area contributed by atoms with E-state index >= 15 is 0 Å². The second-order valence-electron chi connectivity index (χ2n) is 7.13. The lowest BCUT2D eigenvalue weighted by atomic mass is 10.0. The summed E-state index contributed by atoms with van der Waals surface area (Å²) in [5.74, 6) is -2.23. The summed E-state index contributed by atoms with van der Waals surface area (Å²) >= 11 is 3.58. The molecule has 0 bridgehead atoms. The van der Waals surface area contributed by atoms with Gasteiger partial charge < -0.3 is 15.3 Å². The molecule has 9 nitrogen and oxygen atoms in total. The average molecular weight is 554 g/mol. The number of aromatic nitrogens is 2. The van der Waals surface area contributed by atoms with Crippen LogP contribution in [0.3, 0.4) is 0 Å². The molecule has 1 amide bonds. The minimum absolute atomic E-state index is 0.0447. The van der Waals surface area contributed by atoms with Crippen molar-refractivity contribution in [3.63, 3.8) is 0 Å². The van der Waals surface area contributed by atoms with Crippen LogP contribution in [-0.2, 0) is 14.4 Å². The first-order chi connectivity index (χ1) is 17.9. The number of carboxylic acid groups (broad SMARTS) is 1. The van der Waals surface area contributed by atoms with Gasteiger partial charge in [0.1, 0.15) is 29.7 Å². The number of carbonyl (C=O) groups excluding carboxylic acids is 1. The van der Waals surface area contributed by atoms with Gasteiger partial charge in [0.2, 0.25) is 11.6 Å². The van der Waals surface area contributed by atoms with Crippen LogP contribution in [0.5, 0.6) is 0 Å². The number of benzene rings is 1. The molecule has 0 fully saturated rings. The van der Waals surface area contributed by atoms with Crippen LogP contribution in [-0.4, -0.2) is 45.5 Å². The van der Waals surface area contributed by atoms with E-state index in [1.807, 2.05) is 17.5 Å². The fourth-order valence-electron chi connectivity index (χ4n) is 3.16. The first-order valence-electron chi connectivity index (χ1n) is 10.4. The zero-order valence-corrected chi connectivity index (χ0v) is 21.4. The molecule has 0 radical (unpaired) electrons. The van der Waals surface area contributed by atoms with Gasteiger partial charge in [0.15, 0.2) is 5.13 Å². The lowest BCUT2D eigenvalue weighted by Gasteiger charge is -2.12.